The molecule has 3 rings (SSSR count). The van der Waals surface area contributed by atoms with E-state index in [4.69, 9.17) is 4.74 Å². The third kappa shape index (κ3) is 2.84. The van der Waals surface area contributed by atoms with Crippen LogP contribution in [0.25, 0.3) is 10.8 Å². The first-order valence-electron chi connectivity index (χ1n) is 6.57. The molecule has 0 radical (unpaired) electrons. The molecule has 0 aliphatic rings. The summed E-state index contributed by atoms with van der Waals surface area (Å²) in [4.78, 5) is 16.4. The molecule has 0 aliphatic heterocycles. The molecule has 104 valence electrons. The van der Waals surface area contributed by atoms with Crippen molar-refractivity contribution in [2.24, 2.45) is 0 Å². The molecule has 0 atom stereocenters. The Hall–Kier alpha value is -2.88. The molecule has 0 bridgehead atoms. The highest BCUT2D eigenvalue weighted by Crippen LogP contribution is 2.17. The second-order valence-electron chi connectivity index (χ2n) is 4.58. The van der Waals surface area contributed by atoms with Crippen LogP contribution in [-0.2, 0) is 0 Å². The Balaban J connectivity index is 1.86. The maximum Gasteiger partial charge on any atom is 0.256 e. The average Bonchev–Trinajstić information content (AvgIpc) is 2.54. The lowest BCUT2D eigenvalue weighted by Gasteiger charge is -2.07. The molecule has 21 heavy (non-hydrogen) atoms. The number of nitrogens with zero attached hydrogens (tertiary/aromatic N) is 1. The van der Waals surface area contributed by atoms with Gasteiger partial charge in [-0.05, 0) is 29.0 Å². The number of fused-ring (bicyclic) bond motifs is 1. The van der Waals surface area contributed by atoms with Crippen LogP contribution in [0.5, 0.6) is 5.88 Å². The lowest BCUT2D eigenvalue weighted by Crippen LogP contribution is -2.13. The third-order valence-corrected chi connectivity index (χ3v) is 3.19. The lowest BCUT2D eigenvalue weighted by molar-refractivity contribution is 0.102. The van der Waals surface area contributed by atoms with Gasteiger partial charge >= 0.3 is 0 Å². The molecule has 0 fully saturated rings. The number of amides is 1. The molecule has 1 amide bonds. The summed E-state index contributed by atoms with van der Waals surface area (Å²) in [6, 6.07) is 18.8. The van der Waals surface area contributed by atoms with E-state index < -0.39 is 0 Å². The molecule has 1 heterocycles. The van der Waals surface area contributed by atoms with Crippen molar-refractivity contribution in [1.82, 2.24) is 4.98 Å². The molecule has 1 N–H and O–H groups in total. The fraction of sp³-hybridized carbons (Fsp3) is 0.0588. The van der Waals surface area contributed by atoms with Crippen LogP contribution in [0, 0.1) is 0 Å². The average molecular weight is 278 g/mol. The third-order valence-electron chi connectivity index (χ3n) is 3.19. The van der Waals surface area contributed by atoms with Gasteiger partial charge in [-0.15, -0.1) is 0 Å². The minimum atomic E-state index is -0.193. The maximum atomic E-state index is 12.3. The number of benzene rings is 2. The molecule has 0 unspecified atom stereocenters. The fourth-order valence-electron chi connectivity index (χ4n) is 2.12. The van der Waals surface area contributed by atoms with Gasteiger partial charge in [0.05, 0.1) is 7.11 Å². The van der Waals surface area contributed by atoms with Gasteiger partial charge in [0, 0.05) is 11.6 Å². The van der Waals surface area contributed by atoms with Crippen LogP contribution < -0.4 is 10.1 Å². The van der Waals surface area contributed by atoms with Gasteiger partial charge in [0.15, 0.2) is 0 Å². The van der Waals surface area contributed by atoms with E-state index in [1.54, 1.807) is 24.3 Å². The normalized spacial score (nSPS) is 10.3. The summed E-state index contributed by atoms with van der Waals surface area (Å²) in [6.07, 6.45) is 0. The number of hydrogen-bond donors (Lipinski definition) is 1. The summed E-state index contributed by atoms with van der Waals surface area (Å²) in [7, 11) is 1.54. The first-order valence-corrected chi connectivity index (χ1v) is 6.57. The summed E-state index contributed by atoms with van der Waals surface area (Å²) in [5.41, 5.74) is 0.596. The number of aromatic nitrogens is 1. The zero-order valence-electron chi connectivity index (χ0n) is 11.5. The SMILES string of the molecule is COc1cccc(NC(=O)c2ccc3ccccc3c2)n1. The number of carbonyl (C=O) groups excluding carboxylic acids is 1. The number of carbonyl (C=O) groups is 1. The number of methoxy groups -OCH3 is 1. The van der Waals surface area contributed by atoms with E-state index in [2.05, 4.69) is 10.3 Å². The molecular weight excluding hydrogens is 264 g/mol. The number of ether oxygens (including phenoxy) is 1. The molecule has 4 heteroatoms. The number of nitrogens with one attached hydrogen (secondary N) is 1. The van der Waals surface area contributed by atoms with Gasteiger partial charge in [-0.25, -0.2) is 0 Å². The number of pyridine rings is 1. The van der Waals surface area contributed by atoms with Gasteiger partial charge in [-0.2, -0.15) is 4.98 Å². The zero-order valence-corrected chi connectivity index (χ0v) is 11.5. The topological polar surface area (TPSA) is 51.2 Å². The quantitative estimate of drug-likeness (QED) is 0.797. The Morgan fingerprint density at radius 3 is 2.62 bits per heavy atom. The summed E-state index contributed by atoms with van der Waals surface area (Å²) in [6.45, 7) is 0. The van der Waals surface area contributed by atoms with E-state index in [9.17, 15) is 4.79 Å². The predicted molar refractivity (Wildman–Crippen MR) is 82.7 cm³/mol. The molecule has 4 nitrogen and oxygen atoms in total. The number of rotatable bonds is 3. The van der Waals surface area contributed by atoms with E-state index >= 15 is 0 Å². The van der Waals surface area contributed by atoms with Crippen LogP contribution in [0.1, 0.15) is 10.4 Å². The molecule has 2 aromatic carbocycles. The fourth-order valence-corrected chi connectivity index (χ4v) is 2.12. The molecule has 1 aromatic heterocycles. The second-order valence-corrected chi connectivity index (χ2v) is 4.58. The number of hydrogen-bond acceptors (Lipinski definition) is 3. The van der Waals surface area contributed by atoms with E-state index in [0.29, 0.717) is 17.3 Å². The predicted octanol–water partition coefficient (Wildman–Crippen LogP) is 3.50. The molecule has 0 saturated carbocycles. The largest absolute Gasteiger partial charge is 0.481 e. The smallest absolute Gasteiger partial charge is 0.256 e. The van der Waals surface area contributed by atoms with E-state index in [1.807, 2.05) is 36.4 Å². The molecule has 0 saturated heterocycles. The van der Waals surface area contributed by atoms with Crippen molar-refractivity contribution >= 4 is 22.5 Å². The van der Waals surface area contributed by atoms with Crippen molar-refractivity contribution in [2.75, 3.05) is 12.4 Å². The number of anilines is 1. The van der Waals surface area contributed by atoms with Gasteiger partial charge < -0.3 is 10.1 Å². The van der Waals surface area contributed by atoms with E-state index in [1.165, 1.54) is 7.11 Å². The standard InChI is InChI=1S/C17H14N2O2/c1-21-16-8-4-7-15(18-16)19-17(20)14-10-9-12-5-2-3-6-13(12)11-14/h2-11H,1H3,(H,18,19,20). The van der Waals surface area contributed by atoms with Gasteiger partial charge in [-0.3, -0.25) is 4.79 Å². The molecule has 0 spiro atoms. The monoisotopic (exact) mass is 278 g/mol. The Bertz CT molecular complexity index is 799. The Labute approximate surface area is 122 Å². The zero-order chi connectivity index (χ0) is 14.7. The first kappa shape index (κ1) is 13.1. The highest BCUT2D eigenvalue weighted by Gasteiger charge is 2.08. The second kappa shape index (κ2) is 5.63. The van der Waals surface area contributed by atoms with Crippen molar-refractivity contribution in [3.8, 4) is 5.88 Å². The van der Waals surface area contributed by atoms with Crippen LogP contribution >= 0.6 is 0 Å². The van der Waals surface area contributed by atoms with Crippen molar-refractivity contribution in [1.29, 1.82) is 0 Å². The highest BCUT2D eigenvalue weighted by atomic mass is 16.5. The van der Waals surface area contributed by atoms with Crippen molar-refractivity contribution < 1.29 is 9.53 Å². The van der Waals surface area contributed by atoms with Gasteiger partial charge in [0.25, 0.3) is 5.91 Å². The van der Waals surface area contributed by atoms with Gasteiger partial charge in [-0.1, -0.05) is 36.4 Å². The van der Waals surface area contributed by atoms with Crippen LogP contribution in [-0.4, -0.2) is 18.0 Å². The summed E-state index contributed by atoms with van der Waals surface area (Å²) >= 11 is 0. The molecule has 0 aliphatic carbocycles. The van der Waals surface area contributed by atoms with Crippen molar-refractivity contribution in [3.63, 3.8) is 0 Å². The summed E-state index contributed by atoms with van der Waals surface area (Å²) in [5.74, 6) is 0.736. The lowest BCUT2D eigenvalue weighted by atomic mass is 10.1. The molecular formula is C17H14N2O2. The van der Waals surface area contributed by atoms with E-state index in [-0.39, 0.29) is 5.91 Å². The Morgan fingerprint density at radius 1 is 1.00 bits per heavy atom. The summed E-state index contributed by atoms with van der Waals surface area (Å²) in [5, 5.41) is 4.90. The van der Waals surface area contributed by atoms with Crippen LogP contribution in [0.4, 0.5) is 5.82 Å². The van der Waals surface area contributed by atoms with Crippen molar-refractivity contribution in [2.45, 2.75) is 0 Å². The van der Waals surface area contributed by atoms with Crippen molar-refractivity contribution in [3.05, 3.63) is 66.2 Å². The molecule has 3 aromatic rings. The first-order chi connectivity index (χ1) is 10.3. The van der Waals surface area contributed by atoms with Crippen LogP contribution in [0.15, 0.2) is 60.7 Å². The minimum Gasteiger partial charge on any atom is -0.481 e. The van der Waals surface area contributed by atoms with Crippen LogP contribution in [0.2, 0.25) is 0 Å². The van der Waals surface area contributed by atoms with Crippen LogP contribution in [0.3, 0.4) is 0 Å². The summed E-state index contributed by atoms with van der Waals surface area (Å²) < 4.78 is 5.04. The van der Waals surface area contributed by atoms with Gasteiger partial charge in [0.1, 0.15) is 5.82 Å². The minimum absolute atomic E-state index is 0.193. The van der Waals surface area contributed by atoms with E-state index in [0.717, 1.165) is 10.8 Å². The Morgan fingerprint density at radius 2 is 1.81 bits per heavy atom. The maximum absolute atomic E-state index is 12.3. The highest BCUT2D eigenvalue weighted by molar-refractivity contribution is 6.06. The Kier molecular flexibility index (Phi) is 3.51. The van der Waals surface area contributed by atoms with Gasteiger partial charge in [0.2, 0.25) is 5.88 Å².